The minimum absolute atomic E-state index is 0.445. The summed E-state index contributed by atoms with van der Waals surface area (Å²) >= 11 is 0. The highest BCUT2D eigenvalue weighted by atomic mass is 16.3. The number of oxazole rings is 1. The van der Waals surface area contributed by atoms with E-state index in [1.807, 2.05) is 6.92 Å². The summed E-state index contributed by atoms with van der Waals surface area (Å²) < 4.78 is 5.62. The predicted octanol–water partition coefficient (Wildman–Crippen LogP) is 1.96. The Labute approximate surface area is 107 Å². The normalized spacial score (nSPS) is 18.2. The topological polar surface area (TPSA) is 41.3 Å². The van der Waals surface area contributed by atoms with Crippen molar-refractivity contribution in [3.63, 3.8) is 0 Å². The van der Waals surface area contributed by atoms with E-state index in [-0.39, 0.29) is 0 Å². The first-order valence-corrected chi connectivity index (χ1v) is 6.39. The molecule has 0 amide bonds. The molecular formula is C14H19N3O. The van der Waals surface area contributed by atoms with E-state index in [0.717, 1.165) is 30.1 Å². The molecule has 1 unspecified atom stereocenters. The Kier molecular flexibility index (Phi) is 2.84. The van der Waals surface area contributed by atoms with E-state index < -0.39 is 0 Å². The minimum atomic E-state index is 0.445. The van der Waals surface area contributed by atoms with Crippen molar-refractivity contribution in [2.45, 2.75) is 13.0 Å². The van der Waals surface area contributed by atoms with Crippen molar-refractivity contribution < 1.29 is 4.42 Å². The fourth-order valence-corrected chi connectivity index (χ4v) is 2.77. The number of hydrogen-bond acceptors (Lipinski definition) is 4. The number of fused-ring (bicyclic) bond motifs is 1. The van der Waals surface area contributed by atoms with Gasteiger partial charge in [0.05, 0.1) is 0 Å². The second-order valence-corrected chi connectivity index (χ2v) is 5.29. The maximum absolute atomic E-state index is 5.62. The molecule has 0 radical (unpaired) electrons. The van der Waals surface area contributed by atoms with Crippen LogP contribution in [0.3, 0.4) is 0 Å². The number of nitrogens with zero attached hydrogens (tertiary/aromatic N) is 2. The van der Waals surface area contributed by atoms with E-state index in [0.29, 0.717) is 12.0 Å². The first kappa shape index (κ1) is 11.7. The fourth-order valence-electron chi connectivity index (χ4n) is 2.77. The third kappa shape index (κ3) is 1.91. The smallest absolute Gasteiger partial charge is 0.192 e. The highest BCUT2D eigenvalue weighted by molar-refractivity contribution is 5.73. The average molecular weight is 245 g/mol. The van der Waals surface area contributed by atoms with Gasteiger partial charge in [-0.1, -0.05) is 6.07 Å². The highest BCUT2D eigenvalue weighted by Gasteiger charge is 2.30. The molecule has 4 nitrogen and oxygen atoms in total. The SMILES string of the molecule is Cc1nc2ccc(C(C3CNC3)N(C)C)cc2o1. The largest absolute Gasteiger partial charge is 0.441 e. The summed E-state index contributed by atoms with van der Waals surface area (Å²) in [7, 11) is 4.28. The van der Waals surface area contributed by atoms with Crippen molar-refractivity contribution in [1.82, 2.24) is 15.2 Å². The number of nitrogens with one attached hydrogen (secondary N) is 1. The Morgan fingerprint density at radius 2 is 2.17 bits per heavy atom. The minimum Gasteiger partial charge on any atom is -0.441 e. The molecule has 1 saturated heterocycles. The van der Waals surface area contributed by atoms with Crippen LogP contribution in [0.4, 0.5) is 0 Å². The molecular weight excluding hydrogens is 226 g/mol. The van der Waals surface area contributed by atoms with Gasteiger partial charge in [0.15, 0.2) is 11.5 Å². The standard InChI is InChI=1S/C14H19N3O/c1-9-16-12-5-4-10(6-13(12)18-9)14(17(2)3)11-7-15-8-11/h4-6,11,14-15H,7-8H2,1-3H3. The van der Waals surface area contributed by atoms with E-state index in [9.17, 15) is 0 Å². The molecule has 1 aromatic carbocycles. The lowest BCUT2D eigenvalue weighted by molar-refractivity contribution is 0.161. The second-order valence-electron chi connectivity index (χ2n) is 5.29. The van der Waals surface area contributed by atoms with Crippen LogP contribution in [-0.4, -0.2) is 37.1 Å². The first-order valence-electron chi connectivity index (χ1n) is 6.39. The maximum atomic E-state index is 5.62. The van der Waals surface area contributed by atoms with Gasteiger partial charge in [-0.2, -0.15) is 0 Å². The van der Waals surface area contributed by atoms with Crippen molar-refractivity contribution >= 4 is 11.1 Å². The van der Waals surface area contributed by atoms with Gasteiger partial charge in [-0.3, -0.25) is 0 Å². The third-order valence-corrected chi connectivity index (χ3v) is 3.68. The zero-order chi connectivity index (χ0) is 12.7. The van der Waals surface area contributed by atoms with Crippen molar-refractivity contribution in [3.8, 4) is 0 Å². The first-order chi connectivity index (χ1) is 8.65. The summed E-state index contributed by atoms with van der Waals surface area (Å²) in [5.74, 6) is 1.41. The van der Waals surface area contributed by atoms with Crippen LogP contribution in [0.1, 0.15) is 17.5 Å². The molecule has 0 aliphatic carbocycles. The lowest BCUT2D eigenvalue weighted by atomic mass is 9.87. The lowest BCUT2D eigenvalue weighted by Crippen LogP contribution is -2.48. The van der Waals surface area contributed by atoms with Gasteiger partial charge < -0.3 is 14.6 Å². The number of hydrogen-bond donors (Lipinski definition) is 1. The number of aryl methyl sites for hydroxylation is 1. The fraction of sp³-hybridized carbons (Fsp3) is 0.500. The van der Waals surface area contributed by atoms with Crippen LogP contribution in [0.2, 0.25) is 0 Å². The quantitative estimate of drug-likeness (QED) is 0.897. The maximum Gasteiger partial charge on any atom is 0.192 e. The van der Waals surface area contributed by atoms with Crippen molar-refractivity contribution in [2.24, 2.45) is 5.92 Å². The molecule has 1 aliphatic heterocycles. The van der Waals surface area contributed by atoms with Crippen LogP contribution in [0.15, 0.2) is 22.6 Å². The second kappa shape index (κ2) is 4.37. The molecule has 4 heteroatoms. The molecule has 2 heterocycles. The van der Waals surface area contributed by atoms with Gasteiger partial charge in [-0.15, -0.1) is 0 Å². The summed E-state index contributed by atoms with van der Waals surface area (Å²) in [4.78, 5) is 6.63. The Bertz CT molecular complexity index is 557. The van der Waals surface area contributed by atoms with Gasteiger partial charge in [-0.25, -0.2) is 4.98 Å². The predicted molar refractivity (Wildman–Crippen MR) is 71.5 cm³/mol. The van der Waals surface area contributed by atoms with Crippen LogP contribution in [-0.2, 0) is 0 Å². The molecule has 18 heavy (non-hydrogen) atoms. The average Bonchev–Trinajstić information content (AvgIpc) is 2.61. The summed E-state index contributed by atoms with van der Waals surface area (Å²) in [5.41, 5.74) is 3.15. The van der Waals surface area contributed by atoms with Crippen molar-refractivity contribution in [3.05, 3.63) is 29.7 Å². The van der Waals surface area contributed by atoms with E-state index in [2.05, 4.69) is 47.5 Å². The van der Waals surface area contributed by atoms with Gasteiger partial charge in [0.2, 0.25) is 0 Å². The molecule has 0 spiro atoms. The van der Waals surface area contributed by atoms with Crippen molar-refractivity contribution in [2.75, 3.05) is 27.2 Å². The van der Waals surface area contributed by atoms with E-state index in [1.165, 1.54) is 5.56 Å². The molecule has 1 N–H and O–H groups in total. The summed E-state index contributed by atoms with van der Waals surface area (Å²) in [5, 5.41) is 3.35. The molecule has 1 aliphatic rings. The van der Waals surface area contributed by atoms with Gasteiger partial charge in [-0.05, 0) is 31.8 Å². The van der Waals surface area contributed by atoms with Crippen LogP contribution in [0.25, 0.3) is 11.1 Å². The highest BCUT2D eigenvalue weighted by Crippen LogP contribution is 2.31. The van der Waals surface area contributed by atoms with Gasteiger partial charge in [0, 0.05) is 32.0 Å². The molecule has 2 aromatic rings. The van der Waals surface area contributed by atoms with Crippen LogP contribution in [0, 0.1) is 12.8 Å². The van der Waals surface area contributed by atoms with Gasteiger partial charge >= 0.3 is 0 Å². The Hall–Kier alpha value is -1.39. The number of rotatable bonds is 3. The zero-order valence-corrected chi connectivity index (χ0v) is 11.1. The van der Waals surface area contributed by atoms with Crippen LogP contribution < -0.4 is 5.32 Å². The molecule has 0 saturated carbocycles. The Morgan fingerprint density at radius 1 is 1.39 bits per heavy atom. The molecule has 1 fully saturated rings. The van der Waals surface area contributed by atoms with Crippen LogP contribution >= 0.6 is 0 Å². The molecule has 0 bridgehead atoms. The summed E-state index contributed by atoms with van der Waals surface area (Å²) in [6, 6.07) is 6.82. The molecule has 3 rings (SSSR count). The van der Waals surface area contributed by atoms with E-state index >= 15 is 0 Å². The Balaban J connectivity index is 1.99. The summed E-state index contributed by atoms with van der Waals surface area (Å²) in [6.45, 7) is 4.07. The number of aromatic nitrogens is 1. The number of benzene rings is 1. The Morgan fingerprint density at radius 3 is 2.78 bits per heavy atom. The van der Waals surface area contributed by atoms with E-state index in [4.69, 9.17) is 4.42 Å². The van der Waals surface area contributed by atoms with Gasteiger partial charge in [0.1, 0.15) is 5.52 Å². The monoisotopic (exact) mass is 245 g/mol. The third-order valence-electron chi connectivity index (χ3n) is 3.68. The van der Waals surface area contributed by atoms with Crippen LogP contribution in [0.5, 0.6) is 0 Å². The van der Waals surface area contributed by atoms with Gasteiger partial charge in [0.25, 0.3) is 0 Å². The zero-order valence-electron chi connectivity index (χ0n) is 11.1. The molecule has 96 valence electrons. The molecule has 1 aromatic heterocycles. The summed E-state index contributed by atoms with van der Waals surface area (Å²) in [6.07, 6.45) is 0. The lowest BCUT2D eigenvalue weighted by Gasteiger charge is -2.38. The van der Waals surface area contributed by atoms with Crippen molar-refractivity contribution in [1.29, 1.82) is 0 Å². The molecule has 1 atom stereocenters. The van der Waals surface area contributed by atoms with E-state index in [1.54, 1.807) is 0 Å².